The van der Waals surface area contributed by atoms with Crippen molar-refractivity contribution in [3.05, 3.63) is 57.8 Å². The second kappa shape index (κ2) is 5.91. The smallest absolute Gasteiger partial charge is 0.272 e. The van der Waals surface area contributed by atoms with E-state index in [0.29, 0.717) is 0 Å². The lowest BCUT2D eigenvalue weighted by Gasteiger charge is -2.09. The molecule has 0 spiro atoms. The zero-order valence-electron chi connectivity index (χ0n) is 10.1. The summed E-state index contributed by atoms with van der Waals surface area (Å²) in [5.41, 5.74) is 7.50. The van der Waals surface area contributed by atoms with Gasteiger partial charge in [0.1, 0.15) is 10.3 Å². The summed E-state index contributed by atoms with van der Waals surface area (Å²) < 4.78 is 0. The summed E-state index contributed by atoms with van der Waals surface area (Å²) in [4.78, 5) is 15.7. The van der Waals surface area contributed by atoms with Crippen LogP contribution in [-0.4, -0.2) is 10.9 Å². The van der Waals surface area contributed by atoms with Crippen molar-refractivity contribution in [3.8, 4) is 0 Å². The summed E-state index contributed by atoms with van der Waals surface area (Å²) in [6.07, 6.45) is 0. The molecule has 1 amide bonds. The normalized spacial score (nSPS) is 10.1. The van der Waals surface area contributed by atoms with Crippen molar-refractivity contribution in [2.45, 2.75) is 6.92 Å². The molecule has 2 rings (SSSR count). The van der Waals surface area contributed by atoms with E-state index in [0.717, 1.165) is 11.3 Å². The van der Waals surface area contributed by atoms with Crippen molar-refractivity contribution < 1.29 is 4.79 Å². The SMILES string of the molecule is Cc1ccc(NNC(=O)c2ccc(Cl)nc2Cl)cc1. The van der Waals surface area contributed by atoms with Gasteiger partial charge in [-0.05, 0) is 31.2 Å². The average Bonchev–Trinajstić information content (AvgIpc) is 2.37. The third-order valence-corrected chi connectivity index (χ3v) is 2.93. The zero-order valence-corrected chi connectivity index (χ0v) is 11.6. The molecule has 0 fully saturated rings. The van der Waals surface area contributed by atoms with Gasteiger partial charge in [0.25, 0.3) is 5.91 Å². The second-order valence-electron chi connectivity index (χ2n) is 3.92. The van der Waals surface area contributed by atoms with E-state index in [9.17, 15) is 4.79 Å². The van der Waals surface area contributed by atoms with Crippen LogP contribution in [0.1, 0.15) is 15.9 Å². The molecule has 0 saturated heterocycles. The molecule has 0 radical (unpaired) electrons. The van der Waals surface area contributed by atoms with Crippen LogP contribution < -0.4 is 10.9 Å². The molecule has 0 unspecified atom stereocenters. The Balaban J connectivity index is 2.03. The lowest BCUT2D eigenvalue weighted by atomic mass is 10.2. The maximum Gasteiger partial charge on any atom is 0.272 e. The minimum absolute atomic E-state index is 0.0655. The minimum Gasteiger partial charge on any atom is -0.298 e. The van der Waals surface area contributed by atoms with Gasteiger partial charge in [-0.2, -0.15) is 0 Å². The molecule has 2 aromatic rings. The number of aromatic nitrogens is 1. The summed E-state index contributed by atoms with van der Waals surface area (Å²) in [6.45, 7) is 1.99. The highest BCUT2D eigenvalue weighted by atomic mass is 35.5. The number of nitrogens with zero attached hydrogens (tertiary/aromatic N) is 1. The Bertz CT molecular complexity index is 599. The van der Waals surface area contributed by atoms with Crippen LogP contribution in [0.4, 0.5) is 5.69 Å². The lowest BCUT2D eigenvalue weighted by Crippen LogP contribution is -2.29. The Morgan fingerprint density at radius 3 is 2.42 bits per heavy atom. The Kier molecular flexibility index (Phi) is 4.24. The van der Waals surface area contributed by atoms with E-state index in [1.165, 1.54) is 12.1 Å². The van der Waals surface area contributed by atoms with Crippen molar-refractivity contribution in [3.63, 3.8) is 0 Å². The van der Waals surface area contributed by atoms with E-state index in [4.69, 9.17) is 23.2 Å². The topological polar surface area (TPSA) is 54.0 Å². The second-order valence-corrected chi connectivity index (χ2v) is 4.66. The van der Waals surface area contributed by atoms with Gasteiger partial charge in [0.15, 0.2) is 0 Å². The lowest BCUT2D eigenvalue weighted by molar-refractivity contribution is 0.0962. The number of hydrogen-bond acceptors (Lipinski definition) is 3. The third-order valence-electron chi connectivity index (χ3n) is 2.43. The third kappa shape index (κ3) is 3.59. The van der Waals surface area contributed by atoms with Gasteiger partial charge in [-0.15, -0.1) is 0 Å². The van der Waals surface area contributed by atoms with Gasteiger partial charge in [-0.1, -0.05) is 40.9 Å². The Hall–Kier alpha value is -1.78. The number of anilines is 1. The molecule has 1 heterocycles. The summed E-state index contributed by atoms with van der Waals surface area (Å²) in [5.74, 6) is -0.380. The van der Waals surface area contributed by atoms with Crippen molar-refractivity contribution >= 4 is 34.8 Å². The van der Waals surface area contributed by atoms with E-state index < -0.39 is 0 Å². The first-order valence-electron chi connectivity index (χ1n) is 5.51. The van der Waals surface area contributed by atoms with Gasteiger partial charge in [0, 0.05) is 0 Å². The number of carbonyl (C=O) groups excluding carboxylic acids is 1. The predicted octanol–water partition coefficient (Wildman–Crippen LogP) is 3.45. The number of hydrogen-bond donors (Lipinski definition) is 2. The molecule has 19 heavy (non-hydrogen) atoms. The number of halogens is 2. The Morgan fingerprint density at radius 1 is 1.11 bits per heavy atom. The molecule has 0 aliphatic heterocycles. The fourth-order valence-electron chi connectivity index (χ4n) is 1.41. The number of aryl methyl sites for hydroxylation is 1. The molecule has 0 bridgehead atoms. The number of benzene rings is 1. The molecule has 4 nitrogen and oxygen atoms in total. The van der Waals surface area contributed by atoms with Crippen molar-refractivity contribution in [2.24, 2.45) is 0 Å². The van der Waals surface area contributed by atoms with Crippen LogP contribution in [0.25, 0.3) is 0 Å². The summed E-state index contributed by atoms with van der Waals surface area (Å²) in [5, 5.41) is 0.309. The van der Waals surface area contributed by atoms with Gasteiger partial charge < -0.3 is 0 Å². The molecule has 0 atom stereocenters. The minimum atomic E-state index is -0.380. The van der Waals surface area contributed by atoms with Crippen LogP contribution in [0, 0.1) is 6.92 Å². The maximum atomic E-state index is 11.9. The Labute approximate surface area is 120 Å². The number of amides is 1. The molecule has 0 aliphatic rings. The molecular formula is C13H11Cl2N3O. The predicted molar refractivity (Wildman–Crippen MR) is 76.5 cm³/mol. The summed E-state index contributed by atoms with van der Waals surface area (Å²) in [6, 6.07) is 10.6. The Morgan fingerprint density at radius 2 is 1.79 bits per heavy atom. The maximum absolute atomic E-state index is 11.9. The van der Waals surface area contributed by atoms with Gasteiger partial charge >= 0.3 is 0 Å². The first-order valence-corrected chi connectivity index (χ1v) is 6.27. The standard InChI is InChI=1S/C13H11Cl2N3O/c1-8-2-4-9(5-3-8)17-18-13(19)10-6-7-11(14)16-12(10)15/h2-7,17H,1H3,(H,18,19). The van der Waals surface area contributed by atoms with Crippen LogP contribution in [0.15, 0.2) is 36.4 Å². The first-order chi connectivity index (χ1) is 9.06. The van der Waals surface area contributed by atoms with Crippen LogP contribution >= 0.6 is 23.2 Å². The molecule has 1 aromatic heterocycles. The van der Waals surface area contributed by atoms with Crippen molar-refractivity contribution in [1.82, 2.24) is 10.4 Å². The van der Waals surface area contributed by atoms with Crippen LogP contribution in [0.5, 0.6) is 0 Å². The monoisotopic (exact) mass is 295 g/mol. The largest absolute Gasteiger partial charge is 0.298 e. The van der Waals surface area contributed by atoms with Gasteiger partial charge in [-0.3, -0.25) is 15.6 Å². The fourth-order valence-corrected chi connectivity index (χ4v) is 1.85. The van der Waals surface area contributed by atoms with Crippen LogP contribution in [0.2, 0.25) is 10.3 Å². The number of pyridine rings is 1. The first kappa shape index (κ1) is 13.6. The summed E-state index contributed by atoms with van der Waals surface area (Å²) >= 11 is 11.5. The number of hydrazine groups is 1. The van der Waals surface area contributed by atoms with E-state index in [1.54, 1.807) is 0 Å². The van der Waals surface area contributed by atoms with Crippen molar-refractivity contribution in [1.29, 1.82) is 0 Å². The highest BCUT2D eigenvalue weighted by Gasteiger charge is 2.11. The molecule has 98 valence electrons. The number of carbonyl (C=O) groups is 1. The molecule has 6 heteroatoms. The summed E-state index contributed by atoms with van der Waals surface area (Å²) in [7, 11) is 0. The van der Waals surface area contributed by atoms with Gasteiger partial charge in [0.05, 0.1) is 11.3 Å². The average molecular weight is 296 g/mol. The quantitative estimate of drug-likeness (QED) is 0.673. The van der Waals surface area contributed by atoms with E-state index in [2.05, 4.69) is 15.8 Å². The van der Waals surface area contributed by atoms with E-state index in [-0.39, 0.29) is 21.8 Å². The van der Waals surface area contributed by atoms with Crippen LogP contribution in [0.3, 0.4) is 0 Å². The van der Waals surface area contributed by atoms with Gasteiger partial charge in [-0.25, -0.2) is 4.98 Å². The molecule has 0 aliphatic carbocycles. The highest BCUT2D eigenvalue weighted by Crippen LogP contribution is 2.16. The van der Waals surface area contributed by atoms with Crippen molar-refractivity contribution in [2.75, 3.05) is 5.43 Å². The van der Waals surface area contributed by atoms with Crippen LogP contribution in [-0.2, 0) is 0 Å². The number of rotatable bonds is 3. The molecule has 0 saturated carbocycles. The molecular weight excluding hydrogens is 285 g/mol. The van der Waals surface area contributed by atoms with E-state index >= 15 is 0 Å². The molecule has 2 N–H and O–H groups in total. The number of nitrogens with one attached hydrogen (secondary N) is 2. The van der Waals surface area contributed by atoms with Gasteiger partial charge in [0.2, 0.25) is 0 Å². The molecule has 1 aromatic carbocycles. The highest BCUT2D eigenvalue weighted by molar-refractivity contribution is 6.34. The fraction of sp³-hybridized carbons (Fsp3) is 0.0769. The van der Waals surface area contributed by atoms with E-state index in [1.807, 2.05) is 31.2 Å². The zero-order chi connectivity index (χ0) is 13.8.